The summed E-state index contributed by atoms with van der Waals surface area (Å²) in [4.78, 5) is 11.5. The fraction of sp³-hybridized carbons (Fsp3) is 0.733. The number of ether oxygens (including phenoxy) is 1. The molecule has 0 radical (unpaired) electrons. The predicted molar refractivity (Wildman–Crippen MR) is 79.3 cm³/mol. The Bertz CT molecular complexity index is 461. The van der Waals surface area contributed by atoms with Crippen molar-refractivity contribution in [1.82, 2.24) is 14.9 Å². The van der Waals surface area contributed by atoms with Crippen LogP contribution in [0.4, 0.5) is 5.82 Å². The number of likely N-dealkylation sites (tertiary alicyclic amines) is 1. The molecule has 1 aromatic rings. The van der Waals surface area contributed by atoms with Gasteiger partial charge in [-0.25, -0.2) is 4.98 Å². The van der Waals surface area contributed by atoms with Crippen molar-refractivity contribution >= 4 is 5.82 Å². The first-order chi connectivity index (χ1) is 9.76. The number of piperidine rings is 1. The molecular formula is C15H24N4O. The molecule has 1 N–H and O–H groups in total. The molecule has 1 aromatic heterocycles. The molecular weight excluding hydrogens is 252 g/mol. The summed E-state index contributed by atoms with van der Waals surface area (Å²) in [6.07, 6.45) is 6.24. The van der Waals surface area contributed by atoms with Gasteiger partial charge in [0.2, 0.25) is 5.88 Å². The third kappa shape index (κ3) is 3.20. The van der Waals surface area contributed by atoms with E-state index in [9.17, 15) is 0 Å². The average Bonchev–Trinajstić information content (AvgIpc) is 3.31. The minimum Gasteiger partial charge on any atom is -0.476 e. The van der Waals surface area contributed by atoms with Crippen molar-refractivity contribution in [1.29, 1.82) is 0 Å². The number of nitrogens with one attached hydrogen (secondary N) is 1. The molecule has 1 unspecified atom stereocenters. The first-order valence-electron chi connectivity index (χ1n) is 7.66. The Balaban J connectivity index is 1.65. The van der Waals surface area contributed by atoms with Gasteiger partial charge < -0.3 is 15.0 Å². The summed E-state index contributed by atoms with van der Waals surface area (Å²) in [5.41, 5.74) is 0. The third-order valence-electron chi connectivity index (χ3n) is 4.26. The Morgan fingerprint density at radius 1 is 1.30 bits per heavy atom. The maximum Gasteiger partial charge on any atom is 0.218 e. The number of likely N-dealkylation sites (N-methyl/N-ethyl adjacent to an activating group) is 1. The van der Waals surface area contributed by atoms with E-state index in [1.807, 2.05) is 13.1 Å². The third-order valence-corrected chi connectivity index (χ3v) is 4.26. The van der Waals surface area contributed by atoms with Gasteiger partial charge in [-0.2, -0.15) is 4.98 Å². The van der Waals surface area contributed by atoms with Crippen molar-refractivity contribution in [2.24, 2.45) is 0 Å². The summed E-state index contributed by atoms with van der Waals surface area (Å²) in [7, 11) is 4.07. The highest BCUT2D eigenvalue weighted by Crippen LogP contribution is 2.39. The van der Waals surface area contributed by atoms with Crippen LogP contribution >= 0.6 is 0 Å². The normalized spacial score (nSPS) is 23.6. The van der Waals surface area contributed by atoms with Crippen molar-refractivity contribution in [3.05, 3.63) is 11.9 Å². The molecule has 0 amide bonds. The monoisotopic (exact) mass is 276 g/mol. The smallest absolute Gasteiger partial charge is 0.218 e. The molecule has 3 rings (SSSR count). The van der Waals surface area contributed by atoms with Crippen LogP contribution in [0.3, 0.4) is 0 Å². The van der Waals surface area contributed by atoms with E-state index in [-0.39, 0.29) is 0 Å². The fourth-order valence-electron chi connectivity index (χ4n) is 2.71. The maximum atomic E-state index is 5.94. The van der Waals surface area contributed by atoms with Gasteiger partial charge in [-0.15, -0.1) is 0 Å². The van der Waals surface area contributed by atoms with Gasteiger partial charge in [-0.05, 0) is 39.3 Å². The Morgan fingerprint density at radius 2 is 2.15 bits per heavy atom. The summed E-state index contributed by atoms with van der Waals surface area (Å²) in [5, 5.41) is 3.10. The highest BCUT2D eigenvalue weighted by atomic mass is 16.5. The zero-order valence-corrected chi connectivity index (χ0v) is 12.4. The molecule has 0 aromatic carbocycles. The molecule has 5 nitrogen and oxygen atoms in total. The first-order valence-corrected chi connectivity index (χ1v) is 7.66. The van der Waals surface area contributed by atoms with Crippen LogP contribution in [-0.4, -0.2) is 48.2 Å². The standard InChI is InChI=1S/C15H24N4O/c1-16-13-9-14(18-15(17-13)11-6-7-11)20-10-12-5-3-4-8-19(12)2/h9,11-12H,3-8,10H2,1-2H3,(H,16,17,18). The van der Waals surface area contributed by atoms with Gasteiger partial charge in [0.15, 0.2) is 0 Å². The molecule has 0 spiro atoms. The molecule has 110 valence electrons. The van der Waals surface area contributed by atoms with Crippen LogP contribution in [0.25, 0.3) is 0 Å². The van der Waals surface area contributed by atoms with Crippen LogP contribution in [0.5, 0.6) is 5.88 Å². The second-order valence-corrected chi connectivity index (χ2v) is 5.92. The molecule has 20 heavy (non-hydrogen) atoms. The maximum absolute atomic E-state index is 5.94. The van der Waals surface area contributed by atoms with Crippen LogP contribution in [0.2, 0.25) is 0 Å². The van der Waals surface area contributed by atoms with Crippen molar-refractivity contribution in [3.63, 3.8) is 0 Å². The van der Waals surface area contributed by atoms with Crippen LogP contribution < -0.4 is 10.1 Å². The topological polar surface area (TPSA) is 50.3 Å². The second-order valence-electron chi connectivity index (χ2n) is 5.92. The minimum absolute atomic E-state index is 0.515. The number of anilines is 1. The van der Waals surface area contributed by atoms with E-state index < -0.39 is 0 Å². The van der Waals surface area contributed by atoms with Crippen LogP contribution in [0.15, 0.2) is 6.07 Å². The summed E-state index contributed by atoms with van der Waals surface area (Å²) in [6.45, 7) is 1.90. The number of hydrogen-bond acceptors (Lipinski definition) is 5. The van der Waals surface area contributed by atoms with E-state index >= 15 is 0 Å². The molecule has 5 heteroatoms. The van der Waals surface area contributed by atoms with E-state index in [2.05, 4.69) is 27.2 Å². The quantitative estimate of drug-likeness (QED) is 0.894. The van der Waals surface area contributed by atoms with Gasteiger partial charge in [0, 0.05) is 25.1 Å². The van der Waals surface area contributed by atoms with Gasteiger partial charge in [-0.1, -0.05) is 6.42 Å². The lowest BCUT2D eigenvalue weighted by Gasteiger charge is -2.32. The Kier molecular flexibility index (Phi) is 4.05. The summed E-state index contributed by atoms with van der Waals surface area (Å²) in [6, 6.07) is 2.41. The number of nitrogens with zero attached hydrogens (tertiary/aromatic N) is 3. The van der Waals surface area contributed by atoms with Crippen molar-refractivity contribution in [3.8, 4) is 5.88 Å². The largest absolute Gasteiger partial charge is 0.476 e. The number of rotatable bonds is 5. The van der Waals surface area contributed by atoms with E-state index in [0.717, 1.165) is 18.2 Å². The van der Waals surface area contributed by atoms with Gasteiger partial charge >= 0.3 is 0 Å². The zero-order chi connectivity index (χ0) is 13.9. The molecule has 1 atom stereocenters. The SMILES string of the molecule is CNc1cc(OCC2CCCCN2C)nc(C2CC2)n1. The van der Waals surface area contributed by atoms with Gasteiger partial charge in [0.1, 0.15) is 18.2 Å². The molecule has 1 aliphatic heterocycles. The molecule has 1 saturated heterocycles. The molecule has 2 aliphatic rings. The lowest BCUT2D eigenvalue weighted by molar-refractivity contribution is 0.122. The highest BCUT2D eigenvalue weighted by molar-refractivity contribution is 5.38. The average molecular weight is 276 g/mol. The van der Waals surface area contributed by atoms with Gasteiger partial charge in [0.25, 0.3) is 0 Å². The lowest BCUT2D eigenvalue weighted by Crippen LogP contribution is -2.40. The second kappa shape index (κ2) is 5.95. The summed E-state index contributed by atoms with van der Waals surface area (Å²) < 4.78 is 5.94. The molecule has 2 heterocycles. The number of hydrogen-bond donors (Lipinski definition) is 1. The summed E-state index contributed by atoms with van der Waals surface area (Å²) in [5.74, 6) is 3.05. The molecule has 1 aliphatic carbocycles. The van der Waals surface area contributed by atoms with Crippen LogP contribution in [0.1, 0.15) is 43.8 Å². The van der Waals surface area contributed by atoms with Gasteiger partial charge in [-0.3, -0.25) is 0 Å². The van der Waals surface area contributed by atoms with Crippen molar-refractivity contribution in [2.75, 3.05) is 32.6 Å². The molecule has 1 saturated carbocycles. The Hall–Kier alpha value is -1.36. The lowest BCUT2D eigenvalue weighted by atomic mass is 10.0. The number of aromatic nitrogens is 2. The highest BCUT2D eigenvalue weighted by Gasteiger charge is 2.28. The van der Waals surface area contributed by atoms with Crippen molar-refractivity contribution in [2.45, 2.75) is 44.1 Å². The zero-order valence-electron chi connectivity index (χ0n) is 12.4. The molecule has 0 bridgehead atoms. The van der Waals surface area contributed by atoms with Crippen LogP contribution in [0, 0.1) is 0 Å². The van der Waals surface area contributed by atoms with Crippen molar-refractivity contribution < 1.29 is 4.74 Å². The van der Waals surface area contributed by atoms with E-state index in [1.165, 1.54) is 38.6 Å². The Morgan fingerprint density at radius 3 is 2.85 bits per heavy atom. The Labute approximate surface area is 120 Å². The minimum atomic E-state index is 0.515. The van der Waals surface area contributed by atoms with Crippen LogP contribution in [-0.2, 0) is 0 Å². The molecule has 2 fully saturated rings. The van der Waals surface area contributed by atoms with E-state index in [4.69, 9.17) is 4.74 Å². The van der Waals surface area contributed by atoms with E-state index in [0.29, 0.717) is 17.8 Å². The van der Waals surface area contributed by atoms with Gasteiger partial charge in [0.05, 0.1) is 0 Å². The predicted octanol–water partition coefficient (Wildman–Crippen LogP) is 2.26. The van der Waals surface area contributed by atoms with E-state index in [1.54, 1.807) is 0 Å². The fourth-order valence-corrected chi connectivity index (χ4v) is 2.71. The summed E-state index contributed by atoms with van der Waals surface area (Å²) >= 11 is 0. The first kappa shape index (κ1) is 13.6.